The molecule has 1 aliphatic rings. The van der Waals surface area contributed by atoms with E-state index in [-0.39, 0.29) is 12.1 Å². The molecule has 0 aromatic carbocycles. The van der Waals surface area contributed by atoms with E-state index in [2.05, 4.69) is 15.4 Å². The molecule has 106 valence electrons. The summed E-state index contributed by atoms with van der Waals surface area (Å²) in [5.74, 6) is 0. The van der Waals surface area contributed by atoms with Crippen LogP contribution >= 0.6 is 0 Å². The van der Waals surface area contributed by atoms with Crippen LogP contribution in [0.1, 0.15) is 24.1 Å². The van der Waals surface area contributed by atoms with Crippen molar-refractivity contribution in [3.63, 3.8) is 0 Å². The number of nitrogens with zero attached hydrogens (tertiary/aromatic N) is 3. The summed E-state index contributed by atoms with van der Waals surface area (Å²) in [4.78, 5) is 3.80. The Kier molecular flexibility index (Phi) is 3.21. The summed E-state index contributed by atoms with van der Waals surface area (Å²) in [6.07, 6.45) is 1.78. The third-order valence-corrected chi connectivity index (χ3v) is 3.18. The van der Waals surface area contributed by atoms with Crippen LogP contribution in [0.15, 0.2) is 30.7 Å². The summed E-state index contributed by atoms with van der Waals surface area (Å²) in [6.45, 7) is 0.185. The summed E-state index contributed by atoms with van der Waals surface area (Å²) >= 11 is 0. The largest absolute Gasteiger partial charge is 0.433 e. The smallest absolute Gasteiger partial charge is 0.310 e. The van der Waals surface area contributed by atoms with Crippen LogP contribution in [-0.4, -0.2) is 20.8 Å². The average Bonchev–Trinajstić information content (AvgIpc) is 3.14. The van der Waals surface area contributed by atoms with Crippen LogP contribution in [0, 0.1) is 0 Å². The van der Waals surface area contributed by atoms with Crippen molar-refractivity contribution in [1.29, 1.82) is 0 Å². The molecule has 0 aliphatic heterocycles. The molecule has 0 spiro atoms. The molecule has 2 heterocycles. The van der Waals surface area contributed by atoms with Gasteiger partial charge in [0.1, 0.15) is 0 Å². The lowest BCUT2D eigenvalue weighted by atomic mass is 10.2. The fourth-order valence-electron chi connectivity index (χ4n) is 2.04. The fraction of sp³-hybridized carbons (Fsp3) is 0.385. The van der Waals surface area contributed by atoms with E-state index in [4.69, 9.17) is 0 Å². The first kappa shape index (κ1) is 13.1. The minimum absolute atomic E-state index is 0.168. The van der Waals surface area contributed by atoms with Gasteiger partial charge in [-0.05, 0) is 25.0 Å². The van der Waals surface area contributed by atoms with Gasteiger partial charge < -0.3 is 5.32 Å². The molecule has 3 rings (SSSR count). The minimum atomic E-state index is -4.44. The topological polar surface area (TPSA) is 42.7 Å². The number of halogens is 3. The summed E-state index contributed by atoms with van der Waals surface area (Å²) < 4.78 is 40.7. The normalized spacial score (nSPS) is 15.6. The molecule has 1 aliphatic carbocycles. The van der Waals surface area contributed by atoms with Gasteiger partial charge in [0.25, 0.3) is 0 Å². The van der Waals surface area contributed by atoms with Gasteiger partial charge in [0.15, 0.2) is 5.69 Å². The van der Waals surface area contributed by atoms with Gasteiger partial charge in [-0.25, -0.2) is 4.68 Å². The zero-order valence-corrected chi connectivity index (χ0v) is 10.6. The lowest BCUT2D eigenvalue weighted by Gasteiger charge is -2.13. The van der Waals surface area contributed by atoms with Crippen LogP contribution in [0.25, 0.3) is 5.69 Å². The summed E-state index contributed by atoms with van der Waals surface area (Å²) in [5.41, 5.74) is -0.206. The van der Waals surface area contributed by atoms with Gasteiger partial charge >= 0.3 is 6.18 Å². The van der Waals surface area contributed by atoms with E-state index in [0.717, 1.165) is 17.5 Å². The first-order valence-corrected chi connectivity index (χ1v) is 6.33. The molecule has 0 radical (unpaired) electrons. The van der Waals surface area contributed by atoms with Crippen molar-refractivity contribution in [3.05, 3.63) is 42.0 Å². The van der Waals surface area contributed by atoms with E-state index in [1.807, 2.05) is 0 Å². The maximum atomic E-state index is 13.3. The van der Waals surface area contributed by atoms with Crippen molar-refractivity contribution in [3.8, 4) is 5.69 Å². The first-order valence-electron chi connectivity index (χ1n) is 6.33. The monoisotopic (exact) mass is 282 g/mol. The quantitative estimate of drug-likeness (QED) is 0.937. The van der Waals surface area contributed by atoms with E-state index in [9.17, 15) is 13.2 Å². The Morgan fingerprint density at radius 2 is 1.95 bits per heavy atom. The molecule has 0 atom stereocenters. The van der Waals surface area contributed by atoms with Gasteiger partial charge in [0.05, 0.1) is 11.9 Å². The van der Waals surface area contributed by atoms with E-state index in [0.29, 0.717) is 11.7 Å². The zero-order valence-electron chi connectivity index (χ0n) is 10.6. The highest BCUT2D eigenvalue weighted by atomic mass is 19.4. The molecule has 1 fully saturated rings. The van der Waals surface area contributed by atoms with Crippen molar-refractivity contribution in [2.75, 3.05) is 0 Å². The number of hydrogen-bond donors (Lipinski definition) is 1. The lowest BCUT2D eigenvalue weighted by molar-refractivity contribution is -0.143. The van der Waals surface area contributed by atoms with Crippen molar-refractivity contribution in [2.45, 2.75) is 31.6 Å². The summed E-state index contributed by atoms with van der Waals surface area (Å²) in [7, 11) is 0. The highest BCUT2D eigenvalue weighted by Crippen LogP contribution is 2.33. The number of pyridine rings is 1. The third-order valence-electron chi connectivity index (χ3n) is 3.18. The molecule has 0 amide bonds. The second-order valence-electron chi connectivity index (χ2n) is 4.79. The molecule has 0 unspecified atom stereocenters. The fourth-order valence-corrected chi connectivity index (χ4v) is 2.04. The summed E-state index contributed by atoms with van der Waals surface area (Å²) in [6, 6.07) is 3.35. The SMILES string of the molecule is FC(F)(F)c1c(CNC2CC2)cnn1-c1ccncc1. The minimum Gasteiger partial charge on any atom is -0.310 e. The standard InChI is InChI=1S/C13H13F3N4/c14-13(15,16)12-9(7-18-10-1-2-10)8-19-20(12)11-3-5-17-6-4-11/h3-6,8,10,18H,1-2,7H2. The van der Waals surface area contributed by atoms with Gasteiger partial charge in [-0.2, -0.15) is 18.3 Å². The van der Waals surface area contributed by atoms with Crippen LogP contribution in [0.3, 0.4) is 0 Å². The van der Waals surface area contributed by atoms with E-state index >= 15 is 0 Å². The van der Waals surface area contributed by atoms with Crippen molar-refractivity contribution < 1.29 is 13.2 Å². The van der Waals surface area contributed by atoms with Crippen LogP contribution in [0.2, 0.25) is 0 Å². The van der Waals surface area contributed by atoms with Gasteiger partial charge in [-0.15, -0.1) is 0 Å². The molecule has 0 saturated heterocycles. The first-order chi connectivity index (χ1) is 9.55. The van der Waals surface area contributed by atoms with Crippen LogP contribution in [0.5, 0.6) is 0 Å². The molecule has 0 bridgehead atoms. The van der Waals surface area contributed by atoms with Gasteiger partial charge in [-0.1, -0.05) is 0 Å². The summed E-state index contributed by atoms with van der Waals surface area (Å²) in [5, 5.41) is 6.96. The maximum Gasteiger partial charge on any atom is 0.433 e. The molecule has 1 saturated carbocycles. The lowest BCUT2D eigenvalue weighted by Crippen LogP contribution is -2.20. The van der Waals surface area contributed by atoms with E-state index < -0.39 is 11.9 Å². The van der Waals surface area contributed by atoms with Crippen LogP contribution < -0.4 is 5.32 Å². The highest BCUT2D eigenvalue weighted by Gasteiger charge is 2.38. The number of hydrogen-bond acceptors (Lipinski definition) is 3. The Morgan fingerprint density at radius 3 is 2.55 bits per heavy atom. The Hall–Kier alpha value is -1.89. The molecule has 2 aromatic heterocycles. The Morgan fingerprint density at radius 1 is 1.25 bits per heavy atom. The molecule has 7 heteroatoms. The van der Waals surface area contributed by atoms with Crippen LogP contribution in [0.4, 0.5) is 13.2 Å². The molecule has 2 aromatic rings. The van der Waals surface area contributed by atoms with Crippen LogP contribution in [-0.2, 0) is 12.7 Å². The molecule has 4 nitrogen and oxygen atoms in total. The molecule has 1 N–H and O–H groups in total. The van der Waals surface area contributed by atoms with E-state index in [1.54, 1.807) is 0 Å². The molecule has 20 heavy (non-hydrogen) atoms. The van der Waals surface area contributed by atoms with Crippen molar-refractivity contribution in [2.24, 2.45) is 0 Å². The third kappa shape index (κ3) is 2.67. The molecular weight excluding hydrogens is 269 g/mol. The second kappa shape index (κ2) is 4.90. The number of alkyl halides is 3. The Labute approximate surface area is 113 Å². The second-order valence-corrected chi connectivity index (χ2v) is 4.79. The van der Waals surface area contributed by atoms with Crippen molar-refractivity contribution >= 4 is 0 Å². The zero-order chi connectivity index (χ0) is 14.2. The number of nitrogens with one attached hydrogen (secondary N) is 1. The Balaban J connectivity index is 1.97. The van der Waals surface area contributed by atoms with Gasteiger partial charge in [-0.3, -0.25) is 4.98 Å². The predicted molar refractivity (Wildman–Crippen MR) is 66.2 cm³/mol. The van der Waals surface area contributed by atoms with Gasteiger partial charge in [0, 0.05) is 30.5 Å². The van der Waals surface area contributed by atoms with Crippen molar-refractivity contribution in [1.82, 2.24) is 20.1 Å². The molecular formula is C13H13F3N4. The predicted octanol–water partition coefficient (Wildman–Crippen LogP) is 2.54. The average molecular weight is 282 g/mol. The Bertz CT molecular complexity index is 587. The number of rotatable bonds is 4. The number of aromatic nitrogens is 3. The highest BCUT2D eigenvalue weighted by molar-refractivity contribution is 5.34. The van der Waals surface area contributed by atoms with E-state index in [1.165, 1.54) is 30.7 Å². The van der Waals surface area contributed by atoms with Gasteiger partial charge in [0.2, 0.25) is 0 Å². The maximum absolute atomic E-state index is 13.3.